The highest BCUT2D eigenvalue weighted by Gasteiger charge is 2.10. The van der Waals surface area contributed by atoms with Crippen LogP contribution in [0.1, 0.15) is 30.5 Å². The van der Waals surface area contributed by atoms with Crippen LogP contribution in [0.5, 0.6) is 5.75 Å². The molecule has 134 valence electrons. The Balaban J connectivity index is 3.09. The summed E-state index contributed by atoms with van der Waals surface area (Å²) in [6.07, 6.45) is 7.12. The molecule has 0 aliphatic carbocycles. The van der Waals surface area contributed by atoms with Crippen LogP contribution in [0.15, 0.2) is 47.3 Å². The van der Waals surface area contributed by atoms with E-state index in [1.807, 2.05) is 13.8 Å². The lowest BCUT2D eigenvalue weighted by molar-refractivity contribution is -0.131. The maximum atomic E-state index is 14.1. The van der Waals surface area contributed by atoms with Crippen molar-refractivity contribution in [3.8, 4) is 5.75 Å². The summed E-state index contributed by atoms with van der Waals surface area (Å²) in [4.78, 5) is 10.5. The largest absolute Gasteiger partial charge is 0.495 e. The Morgan fingerprint density at radius 2 is 1.84 bits per heavy atom. The zero-order chi connectivity index (χ0) is 19.1. The Bertz CT molecular complexity index is 787. The van der Waals surface area contributed by atoms with E-state index in [1.165, 1.54) is 12.2 Å². The van der Waals surface area contributed by atoms with E-state index in [9.17, 15) is 9.18 Å². The lowest BCUT2D eigenvalue weighted by Gasteiger charge is -2.12. The fourth-order valence-electron chi connectivity index (χ4n) is 2.17. The fraction of sp³-hybridized carbons (Fsp3) is 0.250. The Kier molecular flexibility index (Phi) is 7.65. The summed E-state index contributed by atoms with van der Waals surface area (Å²) in [7, 11) is 1.57. The molecule has 0 aromatic heterocycles. The number of carbonyl (C=O) groups is 1. The molecule has 0 spiro atoms. The molecule has 1 aromatic carbocycles. The quantitative estimate of drug-likeness (QED) is 0.511. The number of hydrogen-bond donors (Lipinski definition) is 1. The molecule has 0 saturated carbocycles. The fourth-order valence-corrected chi connectivity index (χ4v) is 2.51. The number of carboxylic acid groups (broad SMARTS) is 1. The van der Waals surface area contributed by atoms with Gasteiger partial charge in [-0.3, -0.25) is 0 Å². The predicted octanol–water partition coefficient (Wildman–Crippen LogP) is 5.81. The van der Waals surface area contributed by atoms with Crippen LogP contribution in [0.2, 0.25) is 5.02 Å². The number of methoxy groups -OCH3 is 1. The second kappa shape index (κ2) is 9.23. The number of benzene rings is 1. The van der Waals surface area contributed by atoms with E-state index < -0.39 is 11.8 Å². The van der Waals surface area contributed by atoms with Crippen molar-refractivity contribution in [1.82, 2.24) is 0 Å². The van der Waals surface area contributed by atoms with E-state index in [4.69, 9.17) is 21.4 Å². The third-order valence-electron chi connectivity index (χ3n) is 3.77. The molecule has 0 amide bonds. The van der Waals surface area contributed by atoms with Gasteiger partial charge in [-0.1, -0.05) is 29.8 Å². The van der Waals surface area contributed by atoms with Crippen LogP contribution in [-0.4, -0.2) is 18.2 Å². The van der Waals surface area contributed by atoms with Crippen molar-refractivity contribution in [1.29, 1.82) is 0 Å². The first kappa shape index (κ1) is 20.7. The molecule has 0 saturated heterocycles. The van der Waals surface area contributed by atoms with Crippen LogP contribution in [0.25, 0.3) is 6.08 Å². The minimum absolute atomic E-state index is 0.420. The van der Waals surface area contributed by atoms with Crippen LogP contribution in [0.4, 0.5) is 4.39 Å². The highest BCUT2D eigenvalue weighted by atomic mass is 35.5. The summed E-state index contributed by atoms with van der Waals surface area (Å²) in [6, 6.07) is 1.78. The zero-order valence-electron chi connectivity index (χ0n) is 15.0. The smallest absolute Gasteiger partial charge is 0.328 e. The number of rotatable bonds is 6. The first-order valence-electron chi connectivity index (χ1n) is 7.64. The maximum absolute atomic E-state index is 14.1. The first-order chi connectivity index (χ1) is 11.7. The molecule has 0 radical (unpaired) electrons. The number of carboxylic acids is 1. The Labute approximate surface area is 152 Å². The molecular formula is C20H22ClFO3. The van der Waals surface area contributed by atoms with Crippen molar-refractivity contribution in [3.63, 3.8) is 0 Å². The topological polar surface area (TPSA) is 46.5 Å². The molecule has 0 unspecified atom stereocenters. The lowest BCUT2D eigenvalue weighted by atomic mass is 10.0. The van der Waals surface area contributed by atoms with Crippen LogP contribution >= 0.6 is 11.6 Å². The molecule has 0 aliphatic rings. The van der Waals surface area contributed by atoms with Crippen molar-refractivity contribution in [3.05, 3.63) is 69.1 Å². The van der Waals surface area contributed by atoms with Crippen molar-refractivity contribution >= 4 is 23.6 Å². The molecule has 0 aliphatic heterocycles. The molecule has 0 heterocycles. The SMILES string of the molecule is COc1c(Cl)cc(C=CC(C)=C(F)C=CC(C)=CC(=O)O)c(C)c1C. The highest BCUT2D eigenvalue weighted by Crippen LogP contribution is 2.33. The molecule has 3 nitrogen and oxygen atoms in total. The van der Waals surface area contributed by atoms with Crippen molar-refractivity contribution in [2.24, 2.45) is 0 Å². The van der Waals surface area contributed by atoms with Gasteiger partial charge in [0.1, 0.15) is 11.6 Å². The van der Waals surface area contributed by atoms with E-state index >= 15 is 0 Å². The highest BCUT2D eigenvalue weighted by molar-refractivity contribution is 6.32. The van der Waals surface area contributed by atoms with Gasteiger partial charge in [-0.05, 0) is 67.7 Å². The summed E-state index contributed by atoms with van der Waals surface area (Å²) in [5.74, 6) is -0.868. The van der Waals surface area contributed by atoms with Crippen molar-refractivity contribution in [2.45, 2.75) is 27.7 Å². The van der Waals surface area contributed by atoms with Gasteiger partial charge in [0.05, 0.1) is 12.1 Å². The average molecular weight is 365 g/mol. The number of halogens is 2. The monoisotopic (exact) mass is 364 g/mol. The van der Waals surface area contributed by atoms with Gasteiger partial charge in [0, 0.05) is 6.08 Å². The van der Waals surface area contributed by atoms with Gasteiger partial charge in [-0.2, -0.15) is 0 Å². The summed E-state index contributed by atoms with van der Waals surface area (Å²) in [6.45, 7) is 7.10. The number of hydrogen-bond acceptors (Lipinski definition) is 2. The summed E-state index contributed by atoms with van der Waals surface area (Å²) in [5, 5.41) is 9.13. The third-order valence-corrected chi connectivity index (χ3v) is 4.05. The summed E-state index contributed by atoms with van der Waals surface area (Å²) < 4.78 is 19.4. The van der Waals surface area contributed by atoms with Crippen LogP contribution in [0, 0.1) is 13.8 Å². The average Bonchev–Trinajstić information content (AvgIpc) is 2.54. The third kappa shape index (κ3) is 5.91. The molecule has 0 fully saturated rings. The zero-order valence-corrected chi connectivity index (χ0v) is 15.7. The molecule has 25 heavy (non-hydrogen) atoms. The summed E-state index contributed by atoms with van der Waals surface area (Å²) in [5.41, 5.74) is 3.69. The molecule has 1 aromatic rings. The van der Waals surface area contributed by atoms with Crippen molar-refractivity contribution in [2.75, 3.05) is 7.11 Å². The van der Waals surface area contributed by atoms with Crippen LogP contribution in [-0.2, 0) is 4.79 Å². The standard InChI is InChI=1S/C20H22ClFO3/c1-12(10-19(23)24)6-9-18(22)13(2)7-8-16-11-17(21)20(25-5)15(4)14(16)3/h6-11H,1-5H3,(H,23,24). The van der Waals surface area contributed by atoms with E-state index in [-0.39, 0.29) is 0 Å². The first-order valence-corrected chi connectivity index (χ1v) is 8.02. The van der Waals surface area contributed by atoms with Gasteiger partial charge in [0.15, 0.2) is 0 Å². The van der Waals surface area contributed by atoms with Gasteiger partial charge in [-0.25, -0.2) is 9.18 Å². The molecule has 0 bridgehead atoms. The Morgan fingerprint density at radius 3 is 2.40 bits per heavy atom. The maximum Gasteiger partial charge on any atom is 0.328 e. The minimum atomic E-state index is -1.06. The Morgan fingerprint density at radius 1 is 1.20 bits per heavy atom. The van der Waals surface area contributed by atoms with Crippen LogP contribution < -0.4 is 4.74 Å². The molecule has 1 N–H and O–H groups in total. The van der Waals surface area contributed by atoms with E-state index in [2.05, 4.69) is 0 Å². The van der Waals surface area contributed by atoms with E-state index in [0.717, 1.165) is 22.8 Å². The second-order valence-corrected chi connectivity index (χ2v) is 6.06. The van der Waals surface area contributed by atoms with Crippen molar-refractivity contribution < 1.29 is 19.0 Å². The number of allylic oxidation sites excluding steroid dienone is 6. The minimum Gasteiger partial charge on any atom is -0.495 e. The normalized spacial score (nSPS) is 13.5. The van der Waals surface area contributed by atoms with E-state index in [0.29, 0.717) is 21.9 Å². The Hall–Kier alpha value is -2.33. The lowest BCUT2D eigenvalue weighted by Crippen LogP contribution is -1.94. The molecule has 5 heteroatoms. The van der Waals surface area contributed by atoms with Gasteiger partial charge in [0.25, 0.3) is 0 Å². The van der Waals surface area contributed by atoms with Gasteiger partial charge in [0.2, 0.25) is 0 Å². The predicted molar refractivity (Wildman–Crippen MR) is 101 cm³/mol. The molecule has 0 atom stereocenters. The summed E-state index contributed by atoms with van der Waals surface area (Å²) >= 11 is 6.20. The molecular weight excluding hydrogens is 343 g/mol. The van der Waals surface area contributed by atoms with Crippen LogP contribution in [0.3, 0.4) is 0 Å². The number of ether oxygens (including phenoxy) is 1. The van der Waals surface area contributed by atoms with Gasteiger partial charge < -0.3 is 9.84 Å². The van der Waals surface area contributed by atoms with E-state index in [1.54, 1.807) is 39.2 Å². The van der Waals surface area contributed by atoms with Gasteiger partial charge in [-0.15, -0.1) is 0 Å². The van der Waals surface area contributed by atoms with Gasteiger partial charge >= 0.3 is 5.97 Å². The second-order valence-electron chi connectivity index (χ2n) is 5.66. The number of aliphatic carboxylic acids is 1. The molecule has 1 rings (SSSR count).